The van der Waals surface area contributed by atoms with Crippen LogP contribution in [0.5, 0.6) is 0 Å². The Hall–Kier alpha value is -3.90. The van der Waals surface area contributed by atoms with E-state index in [2.05, 4.69) is 10.6 Å². The zero-order valence-electron chi connectivity index (χ0n) is 25.2. The molecule has 4 rings (SSSR count). The second kappa shape index (κ2) is 16.6. The lowest BCUT2D eigenvalue weighted by Gasteiger charge is -2.37. The topological polar surface area (TPSA) is 188 Å². The summed E-state index contributed by atoms with van der Waals surface area (Å²) in [6.45, 7) is 0.264. The number of alkyl carbamates (subject to hydrolysis) is 1. The number of nitrogens with zero attached hydrogens (tertiary/aromatic N) is 1. The first-order valence-electron chi connectivity index (χ1n) is 15.0. The van der Waals surface area contributed by atoms with Crippen LogP contribution in [0, 0.1) is 0 Å². The highest BCUT2D eigenvalue weighted by Crippen LogP contribution is 2.38. The third-order valence-electron chi connectivity index (χ3n) is 7.60. The van der Waals surface area contributed by atoms with E-state index in [9.17, 15) is 33.5 Å². The van der Waals surface area contributed by atoms with Gasteiger partial charge >= 0.3 is 13.7 Å². The van der Waals surface area contributed by atoms with Crippen LogP contribution in [0.4, 0.5) is 4.79 Å². The van der Waals surface area contributed by atoms with Gasteiger partial charge in [-0.1, -0.05) is 72.8 Å². The first kappa shape index (κ1) is 35.0. The van der Waals surface area contributed by atoms with Gasteiger partial charge in [0.25, 0.3) is 0 Å². The molecule has 0 spiro atoms. The maximum absolute atomic E-state index is 13.8. The van der Waals surface area contributed by atoms with Gasteiger partial charge in [-0.2, -0.15) is 0 Å². The molecule has 0 unspecified atom stereocenters. The molecule has 0 radical (unpaired) electrons. The Bertz CT molecular complexity index is 1570. The standard InChI is InChI=1S/C32H39N4O8PS/c33-29(37)26(19-23-13-14-24-10-4-5-11-25(24)18-23)34-30(38)28-12-6-7-16-36(28)31(39)27(20-46-21-45(41,42)43)35-32(40)44-17-15-22-8-2-1-3-9-22/h1-5,8-11,13-14,18,26-28H,6-7,12,15-17,19-21H2,(H2,33,37)(H,34,38)(H,35,40)(H2,41,42,43)/t26-,27-,28-/m0/s1. The number of rotatable bonds is 14. The van der Waals surface area contributed by atoms with Crippen molar-refractivity contribution >= 4 is 53.9 Å². The number of carbonyl (C=O) groups is 4. The highest BCUT2D eigenvalue weighted by Gasteiger charge is 2.37. The highest BCUT2D eigenvalue weighted by atomic mass is 32.2. The van der Waals surface area contributed by atoms with E-state index >= 15 is 0 Å². The molecule has 12 nitrogen and oxygen atoms in total. The summed E-state index contributed by atoms with van der Waals surface area (Å²) in [4.78, 5) is 72.4. The molecule has 1 saturated heterocycles. The number of primary amides is 1. The average Bonchev–Trinajstić information content (AvgIpc) is 3.03. The molecule has 1 fully saturated rings. The van der Waals surface area contributed by atoms with E-state index in [0.29, 0.717) is 25.7 Å². The van der Waals surface area contributed by atoms with Crippen LogP contribution < -0.4 is 16.4 Å². The Kier molecular flexibility index (Phi) is 12.6. The monoisotopic (exact) mass is 670 g/mol. The largest absolute Gasteiger partial charge is 0.449 e. The number of thioether (sulfide) groups is 1. The van der Waals surface area contributed by atoms with Crippen LogP contribution in [0.1, 0.15) is 30.4 Å². The maximum Gasteiger partial charge on any atom is 0.407 e. The molecule has 3 aromatic rings. The van der Waals surface area contributed by atoms with E-state index in [1.54, 1.807) is 0 Å². The summed E-state index contributed by atoms with van der Waals surface area (Å²) in [7, 11) is -4.38. The number of nitrogens with one attached hydrogen (secondary N) is 2. The minimum atomic E-state index is -4.38. The van der Waals surface area contributed by atoms with Gasteiger partial charge in [0.1, 0.15) is 18.1 Å². The Balaban J connectivity index is 1.43. The van der Waals surface area contributed by atoms with Gasteiger partial charge in [-0.15, -0.1) is 11.8 Å². The predicted molar refractivity (Wildman–Crippen MR) is 176 cm³/mol. The molecule has 46 heavy (non-hydrogen) atoms. The molecule has 6 N–H and O–H groups in total. The van der Waals surface area contributed by atoms with E-state index in [4.69, 9.17) is 10.5 Å². The predicted octanol–water partition coefficient (Wildman–Crippen LogP) is 2.94. The Morgan fingerprint density at radius 2 is 1.65 bits per heavy atom. The number of ether oxygens (including phenoxy) is 1. The number of amides is 4. The van der Waals surface area contributed by atoms with Crippen LogP contribution in [0.25, 0.3) is 10.8 Å². The molecule has 246 valence electrons. The van der Waals surface area contributed by atoms with Crippen LogP contribution in [-0.4, -0.2) is 81.0 Å². The van der Waals surface area contributed by atoms with Gasteiger partial charge in [0.05, 0.1) is 12.1 Å². The molecule has 0 aliphatic carbocycles. The molecular formula is C32H39N4O8PS. The second-order valence-corrected chi connectivity index (χ2v) is 14.2. The minimum Gasteiger partial charge on any atom is -0.449 e. The number of fused-ring (bicyclic) bond motifs is 1. The first-order valence-corrected chi connectivity index (χ1v) is 17.9. The number of nitrogens with two attached hydrogens (primary N) is 1. The van der Waals surface area contributed by atoms with Crippen molar-refractivity contribution < 1.29 is 38.3 Å². The molecule has 1 aliphatic heterocycles. The normalized spacial score (nSPS) is 16.3. The molecule has 0 saturated carbocycles. The van der Waals surface area contributed by atoms with Crippen molar-refractivity contribution in [3.63, 3.8) is 0 Å². The van der Waals surface area contributed by atoms with Crippen LogP contribution in [-0.2, 0) is 36.5 Å². The summed E-state index contributed by atoms with van der Waals surface area (Å²) in [5, 5.41) is 7.26. The van der Waals surface area contributed by atoms with Crippen LogP contribution in [0.2, 0.25) is 0 Å². The Morgan fingerprint density at radius 3 is 2.37 bits per heavy atom. The van der Waals surface area contributed by atoms with Crippen molar-refractivity contribution in [2.75, 3.05) is 24.4 Å². The van der Waals surface area contributed by atoms with Gasteiger partial charge in [0.2, 0.25) is 17.7 Å². The van der Waals surface area contributed by atoms with E-state index in [-0.39, 0.29) is 25.3 Å². The minimum absolute atomic E-state index is 0.0485. The summed E-state index contributed by atoms with van der Waals surface area (Å²) in [6.07, 6.45) is 1.33. The maximum atomic E-state index is 13.8. The number of benzene rings is 3. The summed E-state index contributed by atoms with van der Waals surface area (Å²) >= 11 is 0.807. The summed E-state index contributed by atoms with van der Waals surface area (Å²) < 4.78 is 16.7. The fourth-order valence-electron chi connectivity index (χ4n) is 5.31. The fourth-order valence-corrected chi connectivity index (χ4v) is 7.15. The van der Waals surface area contributed by atoms with Crippen molar-refractivity contribution in [2.24, 2.45) is 5.73 Å². The van der Waals surface area contributed by atoms with Crippen molar-refractivity contribution in [3.05, 3.63) is 83.9 Å². The van der Waals surface area contributed by atoms with E-state index in [0.717, 1.165) is 33.7 Å². The van der Waals surface area contributed by atoms with E-state index in [1.807, 2.05) is 72.8 Å². The second-order valence-electron chi connectivity index (χ2n) is 11.1. The molecule has 4 amide bonds. The molecular weight excluding hydrogens is 631 g/mol. The molecule has 3 atom stereocenters. The highest BCUT2D eigenvalue weighted by molar-refractivity contribution is 8.04. The van der Waals surface area contributed by atoms with Crippen LogP contribution >= 0.6 is 19.4 Å². The third kappa shape index (κ3) is 10.6. The molecule has 0 aromatic heterocycles. The molecule has 1 heterocycles. The number of hydrogen-bond acceptors (Lipinski definition) is 7. The van der Waals surface area contributed by atoms with Crippen molar-refractivity contribution in [2.45, 2.75) is 50.2 Å². The summed E-state index contributed by atoms with van der Waals surface area (Å²) in [5.41, 5.74) is 6.88. The quantitative estimate of drug-likeness (QED) is 0.161. The lowest BCUT2D eigenvalue weighted by molar-refractivity contribution is -0.144. The SMILES string of the molecule is NC(=O)[C@H](Cc1ccc2ccccc2c1)NC(=O)[C@@H]1CCCCN1C(=O)[C@H](CSCP(=O)(O)O)NC(=O)OCCc1ccccc1. The van der Waals surface area contributed by atoms with Crippen molar-refractivity contribution in [1.29, 1.82) is 0 Å². The van der Waals surface area contributed by atoms with Gasteiger partial charge in [-0.25, -0.2) is 4.79 Å². The molecule has 1 aliphatic rings. The molecule has 3 aromatic carbocycles. The molecule has 14 heteroatoms. The van der Waals surface area contributed by atoms with Gasteiger partial charge in [-0.3, -0.25) is 18.9 Å². The van der Waals surface area contributed by atoms with Crippen LogP contribution in [0.15, 0.2) is 72.8 Å². The smallest absolute Gasteiger partial charge is 0.407 e. The average molecular weight is 671 g/mol. The zero-order chi connectivity index (χ0) is 33.1. The van der Waals surface area contributed by atoms with E-state index < -0.39 is 55.0 Å². The fraction of sp³-hybridized carbons (Fsp3) is 0.375. The van der Waals surface area contributed by atoms with E-state index in [1.165, 1.54) is 4.90 Å². The first-order chi connectivity index (χ1) is 22.0. The number of likely N-dealkylation sites (tertiary alicyclic amines) is 1. The Labute approximate surface area is 271 Å². The summed E-state index contributed by atoms with van der Waals surface area (Å²) in [6, 6.07) is 19.7. The van der Waals surface area contributed by atoms with Crippen LogP contribution in [0.3, 0.4) is 0 Å². The zero-order valence-corrected chi connectivity index (χ0v) is 27.0. The van der Waals surface area contributed by atoms with Gasteiger partial charge in [0, 0.05) is 25.1 Å². The lowest BCUT2D eigenvalue weighted by atomic mass is 9.98. The van der Waals surface area contributed by atoms with Gasteiger partial charge < -0.3 is 35.8 Å². The summed E-state index contributed by atoms with van der Waals surface area (Å²) in [5.74, 6) is -2.02. The number of piperidine rings is 1. The number of hydrogen-bond donors (Lipinski definition) is 5. The van der Waals surface area contributed by atoms with Gasteiger partial charge in [-0.05, 0) is 41.2 Å². The molecule has 0 bridgehead atoms. The Morgan fingerprint density at radius 1 is 0.935 bits per heavy atom. The van der Waals surface area contributed by atoms with Gasteiger partial charge in [0.15, 0.2) is 0 Å². The van der Waals surface area contributed by atoms with Crippen molar-refractivity contribution in [1.82, 2.24) is 15.5 Å². The number of carbonyl (C=O) groups excluding carboxylic acids is 4. The lowest BCUT2D eigenvalue weighted by Crippen LogP contribution is -2.60. The third-order valence-corrected chi connectivity index (χ3v) is 10.2. The van der Waals surface area contributed by atoms with Crippen molar-refractivity contribution in [3.8, 4) is 0 Å².